The van der Waals surface area contributed by atoms with Gasteiger partial charge in [0.2, 0.25) is 5.91 Å². The van der Waals surface area contributed by atoms with E-state index in [0.29, 0.717) is 28.8 Å². The highest BCUT2D eigenvalue weighted by Gasteiger charge is 2.23. The van der Waals surface area contributed by atoms with Gasteiger partial charge in [-0.2, -0.15) is 4.52 Å². The first kappa shape index (κ1) is 21.4. The van der Waals surface area contributed by atoms with Crippen LogP contribution in [0.25, 0.3) is 38.8 Å². The molecule has 2 N–H and O–H groups in total. The van der Waals surface area contributed by atoms with Gasteiger partial charge in [-0.1, -0.05) is 53.7 Å². The Labute approximate surface area is 193 Å². The molecule has 172 valence electrons. The SMILES string of the molecule is Cn1c2ccccc2c2c(=O)n(CCCC(=O)NCC(=O)O)c3c(-c4ccccc4)nnn3c21. The van der Waals surface area contributed by atoms with E-state index in [0.717, 1.165) is 16.5 Å². The number of carbonyl (C=O) groups is 2. The topological polar surface area (TPSA) is 124 Å². The summed E-state index contributed by atoms with van der Waals surface area (Å²) in [5.41, 5.74) is 3.29. The molecule has 5 rings (SSSR count). The molecule has 0 radical (unpaired) electrons. The molecule has 0 unspecified atom stereocenters. The summed E-state index contributed by atoms with van der Waals surface area (Å²) >= 11 is 0. The fraction of sp³-hybridized carbons (Fsp3) is 0.208. The van der Waals surface area contributed by atoms with Crippen LogP contribution in [0.5, 0.6) is 0 Å². The van der Waals surface area contributed by atoms with E-state index in [4.69, 9.17) is 5.11 Å². The number of aryl methyl sites for hydroxylation is 2. The molecule has 0 aliphatic heterocycles. The summed E-state index contributed by atoms with van der Waals surface area (Å²) in [6.07, 6.45) is 0.429. The van der Waals surface area contributed by atoms with Gasteiger partial charge in [-0.05, 0) is 12.5 Å². The Bertz CT molecular complexity index is 1610. The number of benzene rings is 2. The molecule has 34 heavy (non-hydrogen) atoms. The Balaban J connectivity index is 1.68. The third-order valence-electron chi connectivity index (χ3n) is 5.91. The Morgan fingerprint density at radius 1 is 1.03 bits per heavy atom. The molecule has 10 heteroatoms. The average Bonchev–Trinajstić information content (AvgIpc) is 3.40. The van der Waals surface area contributed by atoms with Gasteiger partial charge in [0.1, 0.15) is 12.2 Å². The molecule has 5 aromatic rings. The van der Waals surface area contributed by atoms with E-state index in [2.05, 4.69) is 15.6 Å². The number of fused-ring (bicyclic) bond motifs is 5. The van der Waals surface area contributed by atoms with Crippen LogP contribution in [0, 0.1) is 0 Å². The van der Waals surface area contributed by atoms with Crippen molar-refractivity contribution >= 4 is 39.5 Å². The number of carboxylic acid groups (broad SMARTS) is 1. The molecular formula is C24H22N6O4. The first-order chi connectivity index (χ1) is 16.5. The van der Waals surface area contributed by atoms with Crippen molar-refractivity contribution in [2.45, 2.75) is 19.4 Å². The van der Waals surface area contributed by atoms with Crippen LogP contribution in [0.3, 0.4) is 0 Å². The summed E-state index contributed by atoms with van der Waals surface area (Å²) in [6.45, 7) is -0.190. The van der Waals surface area contributed by atoms with E-state index in [-0.39, 0.29) is 24.4 Å². The van der Waals surface area contributed by atoms with Crippen LogP contribution in [-0.4, -0.2) is 47.5 Å². The van der Waals surface area contributed by atoms with Crippen molar-refractivity contribution < 1.29 is 14.7 Å². The van der Waals surface area contributed by atoms with Gasteiger partial charge in [-0.15, -0.1) is 5.10 Å². The Kier molecular flexibility index (Phi) is 5.33. The minimum atomic E-state index is -1.11. The summed E-state index contributed by atoms with van der Waals surface area (Å²) in [5.74, 6) is -1.49. The number of carboxylic acids is 1. The van der Waals surface area contributed by atoms with Crippen molar-refractivity contribution in [1.82, 2.24) is 29.3 Å². The second-order valence-corrected chi connectivity index (χ2v) is 8.05. The van der Waals surface area contributed by atoms with E-state index in [9.17, 15) is 14.4 Å². The van der Waals surface area contributed by atoms with Gasteiger partial charge in [-0.25, -0.2) is 0 Å². The highest BCUT2D eigenvalue weighted by Crippen LogP contribution is 2.29. The summed E-state index contributed by atoms with van der Waals surface area (Å²) in [4.78, 5) is 36.6. The standard InChI is InChI=1S/C24H22N6O4/c1-28-17-11-6-5-10-16(17)20-22(28)30-23(21(26-27-30)15-8-3-2-4-9-15)29(24(20)34)13-7-12-18(31)25-14-19(32)33/h2-6,8-11H,7,12-14H2,1H3,(H,25,31)(H,32,33). The smallest absolute Gasteiger partial charge is 0.322 e. The second-order valence-electron chi connectivity index (χ2n) is 8.05. The predicted octanol–water partition coefficient (Wildman–Crippen LogP) is 2.18. The van der Waals surface area contributed by atoms with E-state index in [1.807, 2.05) is 66.2 Å². The third-order valence-corrected chi connectivity index (χ3v) is 5.91. The number of rotatable bonds is 7. The van der Waals surface area contributed by atoms with Crippen molar-refractivity contribution in [3.05, 3.63) is 65.0 Å². The number of nitrogens with zero attached hydrogens (tertiary/aromatic N) is 5. The van der Waals surface area contributed by atoms with Gasteiger partial charge < -0.3 is 15.0 Å². The minimum absolute atomic E-state index is 0.0850. The fourth-order valence-corrected chi connectivity index (χ4v) is 4.38. The molecule has 2 aromatic carbocycles. The van der Waals surface area contributed by atoms with Crippen LogP contribution >= 0.6 is 0 Å². The van der Waals surface area contributed by atoms with Crippen molar-refractivity contribution in [2.75, 3.05) is 6.54 Å². The van der Waals surface area contributed by atoms with E-state index in [1.165, 1.54) is 0 Å². The molecule has 3 heterocycles. The third kappa shape index (κ3) is 3.49. The maximum absolute atomic E-state index is 13.8. The molecule has 0 aliphatic rings. The lowest BCUT2D eigenvalue weighted by atomic mass is 10.1. The number of nitrogens with one attached hydrogen (secondary N) is 1. The number of hydrogen-bond acceptors (Lipinski definition) is 5. The van der Waals surface area contributed by atoms with Crippen LogP contribution in [0.2, 0.25) is 0 Å². The number of carbonyl (C=O) groups excluding carboxylic acids is 1. The summed E-state index contributed by atoms with van der Waals surface area (Å²) in [7, 11) is 1.89. The second kappa shape index (κ2) is 8.47. The van der Waals surface area contributed by atoms with E-state index < -0.39 is 12.5 Å². The van der Waals surface area contributed by atoms with Crippen LogP contribution in [-0.2, 0) is 23.2 Å². The molecule has 0 spiro atoms. The number of amides is 1. The monoisotopic (exact) mass is 458 g/mol. The lowest BCUT2D eigenvalue weighted by Gasteiger charge is -2.11. The molecule has 0 saturated carbocycles. The lowest BCUT2D eigenvalue weighted by molar-refractivity contribution is -0.137. The summed E-state index contributed by atoms with van der Waals surface area (Å²) in [5, 5.41) is 21.3. The van der Waals surface area contributed by atoms with Gasteiger partial charge in [0.25, 0.3) is 5.56 Å². The predicted molar refractivity (Wildman–Crippen MR) is 127 cm³/mol. The molecule has 1 amide bonds. The zero-order chi connectivity index (χ0) is 23.8. The maximum atomic E-state index is 13.8. The first-order valence-electron chi connectivity index (χ1n) is 10.9. The zero-order valence-electron chi connectivity index (χ0n) is 18.4. The fourth-order valence-electron chi connectivity index (χ4n) is 4.38. The molecule has 0 fully saturated rings. The molecule has 0 saturated heterocycles. The van der Waals surface area contributed by atoms with Gasteiger partial charge in [0.05, 0.1) is 10.9 Å². The highest BCUT2D eigenvalue weighted by atomic mass is 16.4. The molecule has 3 aromatic heterocycles. The number of aliphatic carboxylic acids is 1. The van der Waals surface area contributed by atoms with Crippen LogP contribution in [0.15, 0.2) is 59.4 Å². The first-order valence-corrected chi connectivity index (χ1v) is 10.9. The van der Waals surface area contributed by atoms with E-state index >= 15 is 0 Å². The zero-order valence-corrected chi connectivity index (χ0v) is 18.4. The van der Waals surface area contributed by atoms with Crippen LogP contribution in [0.1, 0.15) is 12.8 Å². The maximum Gasteiger partial charge on any atom is 0.322 e. The largest absolute Gasteiger partial charge is 0.480 e. The van der Waals surface area contributed by atoms with Crippen LogP contribution in [0.4, 0.5) is 0 Å². The van der Waals surface area contributed by atoms with E-state index in [1.54, 1.807) is 9.08 Å². The number of aromatic nitrogens is 5. The van der Waals surface area contributed by atoms with Gasteiger partial charge >= 0.3 is 5.97 Å². The van der Waals surface area contributed by atoms with Gasteiger partial charge in [0.15, 0.2) is 11.3 Å². The molecule has 10 nitrogen and oxygen atoms in total. The number of hydrogen-bond donors (Lipinski definition) is 2. The molecule has 0 atom stereocenters. The molecule has 0 bridgehead atoms. The average molecular weight is 458 g/mol. The number of para-hydroxylation sites is 1. The Hall–Kier alpha value is -4.47. The normalized spacial score (nSPS) is 11.4. The van der Waals surface area contributed by atoms with Crippen molar-refractivity contribution in [3.8, 4) is 11.3 Å². The quantitative estimate of drug-likeness (QED) is 0.385. The molecule has 0 aliphatic carbocycles. The highest BCUT2D eigenvalue weighted by molar-refractivity contribution is 6.07. The summed E-state index contributed by atoms with van der Waals surface area (Å²) < 4.78 is 5.23. The van der Waals surface area contributed by atoms with Crippen molar-refractivity contribution in [1.29, 1.82) is 0 Å². The Morgan fingerprint density at radius 3 is 2.53 bits per heavy atom. The summed E-state index contributed by atoms with van der Waals surface area (Å²) in [6, 6.07) is 17.2. The Morgan fingerprint density at radius 2 is 1.76 bits per heavy atom. The van der Waals surface area contributed by atoms with Gasteiger partial charge in [-0.3, -0.25) is 19.0 Å². The molecular weight excluding hydrogens is 436 g/mol. The van der Waals surface area contributed by atoms with Crippen molar-refractivity contribution in [2.24, 2.45) is 7.05 Å². The van der Waals surface area contributed by atoms with Crippen LogP contribution < -0.4 is 10.9 Å². The van der Waals surface area contributed by atoms with Crippen molar-refractivity contribution in [3.63, 3.8) is 0 Å². The minimum Gasteiger partial charge on any atom is -0.480 e. The van der Waals surface area contributed by atoms with Gasteiger partial charge in [0, 0.05) is 31.0 Å². The lowest BCUT2D eigenvalue weighted by Crippen LogP contribution is -2.30.